The number of aromatic nitrogens is 2. The zero-order valence-corrected chi connectivity index (χ0v) is 12.7. The molecule has 1 aromatic heterocycles. The molecule has 0 bridgehead atoms. The molecule has 0 saturated carbocycles. The SMILES string of the molecule is C=N/C=C(\C=N/COC)c1nn(-c2ccccc2)c(N)c1C. The third-order valence-corrected chi connectivity index (χ3v) is 3.11. The second-order valence-electron chi connectivity index (χ2n) is 4.60. The molecule has 6 heteroatoms. The van der Waals surface area contributed by atoms with Crippen molar-refractivity contribution in [1.82, 2.24) is 9.78 Å². The number of nitrogen functional groups attached to an aromatic ring is 1. The third kappa shape index (κ3) is 3.29. The van der Waals surface area contributed by atoms with Gasteiger partial charge in [0, 0.05) is 30.7 Å². The van der Waals surface area contributed by atoms with Crippen molar-refractivity contribution in [3.63, 3.8) is 0 Å². The van der Waals surface area contributed by atoms with Gasteiger partial charge >= 0.3 is 0 Å². The molecule has 0 aliphatic heterocycles. The number of nitrogens with two attached hydrogens (primary N) is 1. The molecule has 114 valence electrons. The smallest absolute Gasteiger partial charge is 0.137 e. The number of aliphatic imine (C=N–C) groups is 2. The molecule has 1 heterocycles. The summed E-state index contributed by atoms with van der Waals surface area (Å²) in [4.78, 5) is 7.95. The summed E-state index contributed by atoms with van der Waals surface area (Å²) in [5.41, 5.74) is 9.39. The molecule has 0 saturated heterocycles. The molecule has 0 aliphatic rings. The van der Waals surface area contributed by atoms with E-state index in [0.717, 1.165) is 16.8 Å². The summed E-state index contributed by atoms with van der Waals surface area (Å²) in [6, 6.07) is 9.71. The fourth-order valence-corrected chi connectivity index (χ4v) is 2.01. The highest BCUT2D eigenvalue weighted by atomic mass is 16.5. The predicted molar refractivity (Wildman–Crippen MR) is 90.6 cm³/mol. The van der Waals surface area contributed by atoms with Gasteiger partial charge in [0.25, 0.3) is 0 Å². The first-order valence-electron chi connectivity index (χ1n) is 6.74. The van der Waals surface area contributed by atoms with Gasteiger partial charge in [0.15, 0.2) is 0 Å². The van der Waals surface area contributed by atoms with Crippen molar-refractivity contribution < 1.29 is 4.74 Å². The van der Waals surface area contributed by atoms with E-state index in [1.54, 1.807) is 24.2 Å². The zero-order chi connectivity index (χ0) is 15.9. The highest BCUT2D eigenvalue weighted by Crippen LogP contribution is 2.24. The maximum atomic E-state index is 6.18. The lowest BCUT2D eigenvalue weighted by molar-refractivity contribution is 0.209. The number of anilines is 1. The molecule has 1 aromatic carbocycles. The van der Waals surface area contributed by atoms with Crippen molar-refractivity contribution in [2.45, 2.75) is 6.92 Å². The van der Waals surface area contributed by atoms with E-state index in [1.807, 2.05) is 37.3 Å². The van der Waals surface area contributed by atoms with Gasteiger partial charge in [-0.15, -0.1) is 0 Å². The van der Waals surface area contributed by atoms with Crippen LogP contribution in [0.25, 0.3) is 11.3 Å². The summed E-state index contributed by atoms with van der Waals surface area (Å²) in [6.07, 6.45) is 3.26. The Labute approximate surface area is 129 Å². The Morgan fingerprint density at radius 1 is 1.41 bits per heavy atom. The van der Waals surface area contributed by atoms with Gasteiger partial charge < -0.3 is 10.5 Å². The standard InChI is InChI=1S/C16H19N5O/c1-12-15(13(9-18-2)10-19-11-22-3)20-21(16(12)17)14-7-5-4-6-8-14/h4-10H,2,11,17H2,1,3H3/b13-9+,19-10-. The molecular weight excluding hydrogens is 278 g/mol. The Morgan fingerprint density at radius 3 is 2.77 bits per heavy atom. The molecule has 2 aromatic rings. The molecule has 0 aliphatic carbocycles. The molecule has 0 radical (unpaired) electrons. The Morgan fingerprint density at radius 2 is 2.14 bits per heavy atom. The molecule has 0 unspecified atom stereocenters. The van der Waals surface area contributed by atoms with Crippen LogP contribution >= 0.6 is 0 Å². The van der Waals surface area contributed by atoms with Gasteiger partial charge in [-0.1, -0.05) is 18.2 Å². The van der Waals surface area contributed by atoms with E-state index in [4.69, 9.17) is 10.5 Å². The van der Waals surface area contributed by atoms with Crippen LogP contribution in [-0.4, -0.2) is 36.6 Å². The van der Waals surface area contributed by atoms with Gasteiger partial charge in [-0.05, 0) is 25.8 Å². The van der Waals surface area contributed by atoms with E-state index in [0.29, 0.717) is 11.5 Å². The lowest BCUT2D eigenvalue weighted by Crippen LogP contribution is -2.02. The Balaban J connectivity index is 2.47. The molecule has 0 fully saturated rings. The first kappa shape index (κ1) is 15.7. The summed E-state index contributed by atoms with van der Waals surface area (Å²) in [5.74, 6) is 0.580. The minimum Gasteiger partial charge on any atom is -0.383 e. The summed E-state index contributed by atoms with van der Waals surface area (Å²) in [6.45, 7) is 5.67. The molecule has 6 nitrogen and oxygen atoms in total. The number of methoxy groups -OCH3 is 1. The van der Waals surface area contributed by atoms with E-state index in [2.05, 4.69) is 21.8 Å². The van der Waals surface area contributed by atoms with E-state index in [1.165, 1.54) is 0 Å². The van der Waals surface area contributed by atoms with Crippen molar-refractivity contribution in [3.05, 3.63) is 47.8 Å². The van der Waals surface area contributed by atoms with Crippen LogP contribution in [0.1, 0.15) is 11.3 Å². The summed E-state index contributed by atoms with van der Waals surface area (Å²) < 4.78 is 6.61. The lowest BCUT2D eigenvalue weighted by Gasteiger charge is -2.02. The number of allylic oxidation sites excluding steroid dienone is 1. The van der Waals surface area contributed by atoms with Crippen LogP contribution in [-0.2, 0) is 4.74 Å². The number of para-hydroxylation sites is 1. The van der Waals surface area contributed by atoms with E-state index in [-0.39, 0.29) is 6.73 Å². The van der Waals surface area contributed by atoms with Crippen molar-refractivity contribution in [2.75, 3.05) is 19.6 Å². The Kier molecular flexibility index (Phi) is 5.21. The van der Waals surface area contributed by atoms with Gasteiger partial charge in [0.1, 0.15) is 18.2 Å². The first-order chi connectivity index (χ1) is 10.7. The maximum Gasteiger partial charge on any atom is 0.137 e. The Hall–Kier alpha value is -2.73. The first-order valence-corrected chi connectivity index (χ1v) is 6.74. The molecule has 0 amide bonds. The number of nitrogens with zero attached hydrogens (tertiary/aromatic N) is 4. The summed E-state index contributed by atoms with van der Waals surface area (Å²) in [5, 5.41) is 4.58. The topological polar surface area (TPSA) is 77.8 Å². The van der Waals surface area contributed by atoms with Gasteiger partial charge in [-0.3, -0.25) is 9.98 Å². The average Bonchev–Trinajstić information content (AvgIpc) is 2.84. The van der Waals surface area contributed by atoms with Crippen molar-refractivity contribution in [3.8, 4) is 5.69 Å². The molecule has 0 atom stereocenters. The fraction of sp³-hybridized carbons (Fsp3) is 0.188. The average molecular weight is 297 g/mol. The van der Waals surface area contributed by atoms with Crippen LogP contribution in [0.2, 0.25) is 0 Å². The Bertz CT molecular complexity index is 701. The largest absolute Gasteiger partial charge is 0.383 e. The van der Waals surface area contributed by atoms with Gasteiger partial charge in [-0.25, -0.2) is 4.68 Å². The highest BCUT2D eigenvalue weighted by molar-refractivity contribution is 6.09. The van der Waals surface area contributed by atoms with Crippen LogP contribution in [0.5, 0.6) is 0 Å². The van der Waals surface area contributed by atoms with Crippen LogP contribution in [0, 0.1) is 6.92 Å². The molecular formula is C16H19N5O. The van der Waals surface area contributed by atoms with Gasteiger partial charge in [-0.2, -0.15) is 5.10 Å². The van der Waals surface area contributed by atoms with Crippen LogP contribution < -0.4 is 5.73 Å². The number of hydrogen-bond acceptors (Lipinski definition) is 5. The quantitative estimate of drug-likeness (QED) is 0.832. The second-order valence-corrected chi connectivity index (χ2v) is 4.60. The molecule has 22 heavy (non-hydrogen) atoms. The van der Waals surface area contributed by atoms with Crippen molar-refractivity contribution in [2.24, 2.45) is 9.98 Å². The third-order valence-electron chi connectivity index (χ3n) is 3.11. The summed E-state index contributed by atoms with van der Waals surface area (Å²) in [7, 11) is 1.58. The number of ether oxygens (including phenoxy) is 1. The lowest BCUT2D eigenvalue weighted by atomic mass is 10.1. The van der Waals surface area contributed by atoms with E-state index in [9.17, 15) is 0 Å². The monoisotopic (exact) mass is 297 g/mol. The van der Waals surface area contributed by atoms with Crippen molar-refractivity contribution in [1.29, 1.82) is 0 Å². The minimum atomic E-state index is 0.266. The molecule has 2 N–H and O–H groups in total. The van der Waals surface area contributed by atoms with E-state index < -0.39 is 0 Å². The zero-order valence-electron chi connectivity index (χ0n) is 12.7. The summed E-state index contributed by atoms with van der Waals surface area (Å²) >= 11 is 0. The van der Waals surface area contributed by atoms with Crippen molar-refractivity contribution >= 4 is 24.3 Å². The molecule has 2 rings (SSSR count). The van der Waals surface area contributed by atoms with Crippen LogP contribution in [0.4, 0.5) is 5.82 Å². The second kappa shape index (κ2) is 7.33. The van der Waals surface area contributed by atoms with Gasteiger partial charge in [0.2, 0.25) is 0 Å². The van der Waals surface area contributed by atoms with Crippen LogP contribution in [0.3, 0.4) is 0 Å². The number of hydrogen-bond donors (Lipinski definition) is 1. The number of benzene rings is 1. The fourth-order valence-electron chi connectivity index (χ4n) is 2.01. The van der Waals surface area contributed by atoms with E-state index >= 15 is 0 Å². The van der Waals surface area contributed by atoms with Gasteiger partial charge in [0.05, 0.1) is 5.69 Å². The highest BCUT2D eigenvalue weighted by Gasteiger charge is 2.15. The maximum absolute atomic E-state index is 6.18. The minimum absolute atomic E-state index is 0.266. The predicted octanol–water partition coefficient (Wildman–Crippen LogP) is 2.48. The van der Waals surface area contributed by atoms with Crippen LogP contribution in [0.15, 0.2) is 46.5 Å². The molecule has 0 spiro atoms. The normalized spacial score (nSPS) is 12.0. The number of rotatable bonds is 6.